The lowest BCUT2D eigenvalue weighted by atomic mass is 10.0. The summed E-state index contributed by atoms with van der Waals surface area (Å²) in [6, 6.07) is 17.0. The number of alkyl carbamates (subject to hydrolysis) is 1. The van der Waals surface area contributed by atoms with Crippen LogP contribution >= 0.6 is 11.8 Å². The Morgan fingerprint density at radius 1 is 1.00 bits per heavy atom. The standard InChI is InChI=1S/C30H37N3O6S/c1-30(2,3)39-29(38)32-25(14-17-40-4)28(37)33(15-16-34)26(22-10-7-11-24(35)19-22)27(36)31-23-13-12-20-8-5-6-9-21(20)18-23/h5-13,18-19,25-26,34-35H,14-17H2,1-4H3,(H,31,36)(H,32,38). The highest BCUT2D eigenvalue weighted by atomic mass is 32.2. The van der Waals surface area contributed by atoms with Crippen molar-refractivity contribution in [1.82, 2.24) is 10.2 Å². The number of fused-ring (bicyclic) bond motifs is 1. The van der Waals surface area contributed by atoms with Crippen LogP contribution in [0.2, 0.25) is 0 Å². The van der Waals surface area contributed by atoms with Crippen molar-refractivity contribution < 1.29 is 29.3 Å². The van der Waals surface area contributed by atoms with Gasteiger partial charge in [0, 0.05) is 12.2 Å². The highest BCUT2D eigenvalue weighted by Crippen LogP contribution is 2.28. The Labute approximate surface area is 238 Å². The zero-order valence-corrected chi connectivity index (χ0v) is 24.0. The molecule has 214 valence electrons. The number of benzene rings is 3. The van der Waals surface area contributed by atoms with E-state index in [0.717, 1.165) is 10.8 Å². The van der Waals surface area contributed by atoms with Gasteiger partial charge in [0.05, 0.1) is 6.61 Å². The highest BCUT2D eigenvalue weighted by molar-refractivity contribution is 7.98. The van der Waals surface area contributed by atoms with Crippen LogP contribution in [0.25, 0.3) is 10.8 Å². The second-order valence-corrected chi connectivity index (χ2v) is 11.3. The van der Waals surface area contributed by atoms with Crippen LogP contribution in [-0.2, 0) is 14.3 Å². The summed E-state index contributed by atoms with van der Waals surface area (Å²) < 4.78 is 5.37. The molecule has 0 bridgehead atoms. The minimum absolute atomic E-state index is 0.0804. The average molecular weight is 568 g/mol. The Kier molecular flexibility index (Phi) is 10.8. The summed E-state index contributed by atoms with van der Waals surface area (Å²) in [4.78, 5) is 41.6. The van der Waals surface area contributed by atoms with Gasteiger partial charge >= 0.3 is 6.09 Å². The summed E-state index contributed by atoms with van der Waals surface area (Å²) in [7, 11) is 0. The van der Waals surface area contributed by atoms with Crippen LogP contribution in [0.3, 0.4) is 0 Å². The molecule has 40 heavy (non-hydrogen) atoms. The summed E-state index contributed by atoms with van der Waals surface area (Å²) in [6.45, 7) is 4.55. The van der Waals surface area contributed by atoms with Gasteiger partial charge in [0.1, 0.15) is 23.4 Å². The molecule has 0 aliphatic heterocycles. The van der Waals surface area contributed by atoms with E-state index in [1.807, 2.05) is 42.7 Å². The lowest BCUT2D eigenvalue weighted by Gasteiger charge is -2.34. The molecule has 2 unspecified atom stereocenters. The summed E-state index contributed by atoms with van der Waals surface area (Å²) in [5.41, 5.74) is 0.100. The molecule has 3 aromatic rings. The number of phenols is 1. The zero-order valence-electron chi connectivity index (χ0n) is 23.2. The van der Waals surface area contributed by atoms with Crippen molar-refractivity contribution in [3.05, 3.63) is 72.3 Å². The second-order valence-electron chi connectivity index (χ2n) is 10.3. The molecule has 0 aliphatic carbocycles. The van der Waals surface area contributed by atoms with Crippen molar-refractivity contribution in [2.24, 2.45) is 0 Å². The van der Waals surface area contributed by atoms with Gasteiger partial charge in [-0.05, 0) is 79.8 Å². The van der Waals surface area contributed by atoms with Crippen molar-refractivity contribution in [3.63, 3.8) is 0 Å². The number of aromatic hydroxyl groups is 1. The van der Waals surface area contributed by atoms with E-state index in [2.05, 4.69) is 10.6 Å². The molecule has 3 rings (SSSR count). The maximum atomic E-state index is 14.0. The van der Waals surface area contributed by atoms with Crippen LogP contribution in [0.1, 0.15) is 38.8 Å². The highest BCUT2D eigenvalue weighted by Gasteiger charge is 2.36. The van der Waals surface area contributed by atoms with E-state index >= 15 is 0 Å². The van der Waals surface area contributed by atoms with Gasteiger partial charge in [0.2, 0.25) is 5.91 Å². The smallest absolute Gasteiger partial charge is 0.408 e. The Morgan fingerprint density at radius 3 is 2.38 bits per heavy atom. The van der Waals surface area contributed by atoms with Crippen LogP contribution in [0.4, 0.5) is 10.5 Å². The van der Waals surface area contributed by atoms with Crippen molar-refractivity contribution >= 4 is 46.1 Å². The first-order valence-corrected chi connectivity index (χ1v) is 14.4. The molecule has 0 aliphatic rings. The molecule has 0 aromatic heterocycles. The van der Waals surface area contributed by atoms with E-state index in [1.165, 1.54) is 28.8 Å². The number of carbonyl (C=O) groups is 3. The van der Waals surface area contributed by atoms with Crippen molar-refractivity contribution in [2.45, 2.75) is 44.9 Å². The maximum Gasteiger partial charge on any atom is 0.408 e. The first-order valence-electron chi connectivity index (χ1n) is 13.0. The number of anilines is 1. The third-order valence-electron chi connectivity index (χ3n) is 5.99. The predicted molar refractivity (Wildman–Crippen MR) is 158 cm³/mol. The molecule has 3 aromatic carbocycles. The number of carbonyl (C=O) groups excluding carboxylic acids is 3. The minimum atomic E-state index is -1.21. The van der Waals surface area contributed by atoms with Gasteiger partial charge in [-0.1, -0.05) is 42.5 Å². The van der Waals surface area contributed by atoms with Gasteiger partial charge < -0.3 is 30.5 Å². The molecule has 0 saturated heterocycles. The van der Waals surface area contributed by atoms with Crippen LogP contribution in [0, 0.1) is 0 Å². The largest absolute Gasteiger partial charge is 0.508 e. The number of nitrogens with zero attached hydrogens (tertiary/aromatic N) is 1. The van der Waals surface area contributed by atoms with Crippen LogP contribution in [0.15, 0.2) is 66.7 Å². The third-order valence-corrected chi connectivity index (χ3v) is 6.63. The first-order chi connectivity index (χ1) is 19.0. The molecular weight excluding hydrogens is 530 g/mol. The number of hydrogen-bond acceptors (Lipinski definition) is 7. The van der Waals surface area contributed by atoms with Gasteiger partial charge in [-0.15, -0.1) is 0 Å². The molecule has 0 fully saturated rings. The van der Waals surface area contributed by atoms with Crippen molar-refractivity contribution in [2.75, 3.05) is 30.5 Å². The van der Waals surface area contributed by atoms with E-state index in [9.17, 15) is 24.6 Å². The number of aliphatic hydroxyl groups is 1. The normalized spacial score (nSPS) is 12.8. The minimum Gasteiger partial charge on any atom is -0.508 e. The summed E-state index contributed by atoms with van der Waals surface area (Å²) in [6.07, 6.45) is 1.40. The van der Waals surface area contributed by atoms with Gasteiger partial charge in [-0.3, -0.25) is 9.59 Å². The van der Waals surface area contributed by atoms with E-state index in [0.29, 0.717) is 17.0 Å². The topological polar surface area (TPSA) is 128 Å². The van der Waals surface area contributed by atoms with Gasteiger partial charge in [0.15, 0.2) is 0 Å². The lowest BCUT2D eigenvalue weighted by molar-refractivity contribution is -0.141. The molecule has 0 radical (unpaired) electrons. The summed E-state index contributed by atoms with van der Waals surface area (Å²) >= 11 is 1.50. The van der Waals surface area contributed by atoms with Gasteiger partial charge in [-0.2, -0.15) is 11.8 Å². The Morgan fingerprint density at radius 2 is 1.73 bits per heavy atom. The average Bonchev–Trinajstić information content (AvgIpc) is 2.89. The summed E-state index contributed by atoms with van der Waals surface area (Å²) in [5.74, 6) is -0.623. The fourth-order valence-electron chi connectivity index (χ4n) is 4.26. The van der Waals surface area contributed by atoms with Crippen molar-refractivity contribution in [3.8, 4) is 5.75 Å². The number of hydrogen-bond donors (Lipinski definition) is 4. The predicted octanol–water partition coefficient (Wildman–Crippen LogP) is 4.69. The lowest BCUT2D eigenvalue weighted by Crippen LogP contribution is -2.53. The number of rotatable bonds is 11. The number of ether oxygens (including phenoxy) is 1. The number of phenolic OH excluding ortho intramolecular Hbond substituents is 1. The molecule has 2 atom stereocenters. The Bertz CT molecular complexity index is 1330. The molecular formula is C30H37N3O6S. The third kappa shape index (κ3) is 8.62. The van der Waals surface area contributed by atoms with E-state index in [1.54, 1.807) is 39.0 Å². The number of aliphatic hydroxyl groups excluding tert-OH is 1. The molecule has 0 saturated carbocycles. The molecule has 0 heterocycles. The fraction of sp³-hybridized carbons (Fsp3) is 0.367. The van der Waals surface area contributed by atoms with E-state index < -0.39 is 42.2 Å². The number of amides is 3. The number of nitrogens with one attached hydrogen (secondary N) is 2. The molecule has 9 nitrogen and oxygen atoms in total. The second kappa shape index (κ2) is 14.0. The number of thioether (sulfide) groups is 1. The van der Waals surface area contributed by atoms with E-state index in [4.69, 9.17) is 4.74 Å². The molecule has 0 spiro atoms. The van der Waals surface area contributed by atoms with Gasteiger partial charge in [0.25, 0.3) is 5.91 Å². The van der Waals surface area contributed by atoms with Gasteiger partial charge in [-0.25, -0.2) is 4.79 Å². The SMILES string of the molecule is CSCCC(NC(=O)OC(C)(C)C)C(=O)N(CCO)C(C(=O)Nc1ccc2ccccc2c1)c1cccc(O)c1. The Balaban J connectivity index is 1.98. The van der Waals surface area contributed by atoms with Crippen LogP contribution in [0.5, 0.6) is 5.75 Å². The van der Waals surface area contributed by atoms with Crippen LogP contribution in [-0.4, -0.2) is 69.8 Å². The first kappa shape index (κ1) is 30.8. The monoisotopic (exact) mass is 567 g/mol. The zero-order chi connectivity index (χ0) is 29.3. The molecule has 3 amide bonds. The molecule has 10 heteroatoms. The fourth-order valence-corrected chi connectivity index (χ4v) is 4.73. The maximum absolute atomic E-state index is 14.0. The van der Waals surface area contributed by atoms with E-state index in [-0.39, 0.29) is 18.7 Å². The van der Waals surface area contributed by atoms with Crippen molar-refractivity contribution in [1.29, 1.82) is 0 Å². The Hall–Kier alpha value is -3.76. The summed E-state index contributed by atoms with van der Waals surface area (Å²) in [5, 5.41) is 27.6. The molecule has 4 N–H and O–H groups in total. The van der Waals surface area contributed by atoms with Crippen LogP contribution < -0.4 is 10.6 Å². The quantitative estimate of drug-likeness (QED) is 0.265.